The van der Waals surface area contributed by atoms with Gasteiger partial charge in [0.15, 0.2) is 0 Å². The Bertz CT molecular complexity index is 343. The zero-order valence-electron chi connectivity index (χ0n) is 11.4. The number of hydrogen-bond donors (Lipinski definition) is 2. The Morgan fingerprint density at radius 3 is 2.39 bits per heavy atom. The van der Waals surface area contributed by atoms with Crippen LogP contribution in [-0.4, -0.2) is 63.8 Å². The molecule has 2 amide bonds. The summed E-state index contributed by atoms with van der Waals surface area (Å²) in [6, 6.07) is -0.304. The third-order valence-corrected chi connectivity index (χ3v) is 3.78. The van der Waals surface area contributed by atoms with Gasteiger partial charge in [-0.15, -0.1) is 0 Å². The quantitative estimate of drug-likeness (QED) is 0.760. The van der Waals surface area contributed by atoms with Crippen molar-refractivity contribution in [2.24, 2.45) is 5.92 Å². The van der Waals surface area contributed by atoms with E-state index in [4.69, 9.17) is 5.11 Å². The van der Waals surface area contributed by atoms with E-state index in [1.807, 2.05) is 6.92 Å². The number of aliphatic hydroxyl groups is 1. The van der Waals surface area contributed by atoms with Crippen LogP contribution in [0.2, 0.25) is 0 Å². The number of likely N-dealkylation sites (N-methyl/N-ethyl adjacent to an activating group) is 1. The first-order chi connectivity index (χ1) is 8.17. The standard InChI is InChI=1S/C12H22N2O4/c1-8-7-14(6-5-9(8)15)11(18)13(4)12(2,3)10(16)17/h8-9,15H,5-7H2,1-4H3,(H,16,17). The summed E-state index contributed by atoms with van der Waals surface area (Å²) in [6.07, 6.45) is 0.153. The molecule has 1 fully saturated rings. The normalized spacial score (nSPS) is 24.8. The fourth-order valence-corrected chi connectivity index (χ4v) is 1.90. The Hall–Kier alpha value is -1.30. The molecule has 2 atom stereocenters. The number of carbonyl (C=O) groups excluding carboxylic acids is 1. The molecule has 1 heterocycles. The molecule has 6 nitrogen and oxygen atoms in total. The van der Waals surface area contributed by atoms with Crippen molar-refractivity contribution in [3.63, 3.8) is 0 Å². The Morgan fingerprint density at radius 1 is 1.39 bits per heavy atom. The SMILES string of the molecule is CC1CN(C(=O)N(C)C(C)(C)C(=O)O)CCC1O. The van der Waals surface area contributed by atoms with Crippen LogP contribution in [0.1, 0.15) is 27.2 Å². The van der Waals surface area contributed by atoms with Crippen LogP contribution in [-0.2, 0) is 4.79 Å². The van der Waals surface area contributed by atoms with Crippen molar-refractivity contribution >= 4 is 12.0 Å². The highest BCUT2D eigenvalue weighted by atomic mass is 16.4. The lowest BCUT2D eigenvalue weighted by molar-refractivity contribution is -0.147. The van der Waals surface area contributed by atoms with Crippen molar-refractivity contribution in [2.75, 3.05) is 20.1 Å². The van der Waals surface area contributed by atoms with E-state index in [-0.39, 0.29) is 18.1 Å². The second-order valence-corrected chi connectivity index (χ2v) is 5.49. The van der Waals surface area contributed by atoms with E-state index < -0.39 is 11.5 Å². The summed E-state index contributed by atoms with van der Waals surface area (Å²) in [7, 11) is 1.49. The molecular weight excluding hydrogens is 236 g/mol. The first-order valence-electron chi connectivity index (χ1n) is 6.12. The molecule has 0 aromatic heterocycles. The Kier molecular flexibility index (Phi) is 4.21. The van der Waals surface area contributed by atoms with E-state index in [1.165, 1.54) is 25.8 Å². The van der Waals surface area contributed by atoms with Gasteiger partial charge in [0.25, 0.3) is 0 Å². The predicted molar refractivity (Wildman–Crippen MR) is 66.2 cm³/mol. The summed E-state index contributed by atoms with van der Waals surface area (Å²) in [5.41, 5.74) is -1.24. The number of hydrogen-bond acceptors (Lipinski definition) is 3. The molecule has 18 heavy (non-hydrogen) atoms. The number of amides is 2. The van der Waals surface area contributed by atoms with Crippen LogP contribution in [0.4, 0.5) is 4.79 Å². The number of carboxylic acids is 1. The minimum atomic E-state index is -1.24. The molecule has 0 spiro atoms. The van der Waals surface area contributed by atoms with Gasteiger partial charge in [-0.2, -0.15) is 0 Å². The summed E-state index contributed by atoms with van der Waals surface area (Å²) in [5, 5.41) is 18.7. The van der Waals surface area contributed by atoms with Crippen molar-refractivity contribution in [3.8, 4) is 0 Å². The van der Waals surface area contributed by atoms with Crippen LogP contribution >= 0.6 is 0 Å². The Balaban J connectivity index is 2.73. The van der Waals surface area contributed by atoms with E-state index in [0.717, 1.165) is 0 Å². The van der Waals surface area contributed by atoms with Crippen LogP contribution in [0.15, 0.2) is 0 Å². The molecule has 2 N–H and O–H groups in total. The zero-order valence-corrected chi connectivity index (χ0v) is 11.4. The van der Waals surface area contributed by atoms with E-state index in [9.17, 15) is 14.7 Å². The lowest BCUT2D eigenvalue weighted by Gasteiger charge is -2.40. The number of rotatable bonds is 2. The fraction of sp³-hybridized carbons (Fsp3) is 0.833. The molecule has 1 aliphatic rings. The average Bonchev–Trinajstić information content (AvgIpc) is 2.30. The predicted octanol–water partition coefficient (Wildman–Crippen LogP) is 0.604. The van der Waals surface area contributed by atoms with E-state index in [0.29, 0.717) is 19.5 Å². The van der Waals surface area contributed by atoms with Crippen LogP contribution in [0, 0.1) is 5.92 Å². The number of urea groups is 1. The van der Waals surface area contributed by atoms with Gasteiger partial charge in [-0.3, -0.25) is 0 Å². The van der Waals surface area contributed by atoms with E-state index >= 15 is 0 Å². The first kappa shape index (κ1) is 14.8. The number of piperidine rings is 1. The van der Waals surface area contributed by atoms with Crippen LogP contribution in [0.5, 0.6) is 0 Å². The maximum Gasteiger partial charge on any atom is 0.329 e. The summed E-state index contributed by atoms with van der Waals surface area (Å²) >= 11 is 0. The molecule has 0 aromatic carbocycles. The molecule has 1 rings (SSSR count). The average molecular weight is 258 g/mol. The molecule has 2 unspecified atom stereocenters. The van der Waals surface area contributed by atoms with Crippen LogP contribution < -0.4 is 0 Å². The summed E-state index contributed by atoms with van der Waals surface area (Å²) in [6.45, 7) is 5.79. The second kappa shape index (κ2) is 5.14. The lowest BCUT2D eigenvalue weighted by Crippen LogP contribution is -2.57. The fourth-order valence-electron chi connectivity index (χ4n) is 1.90. The summed E-state index contributed by atoms with van der Waals surface area (Å²) < 4.78 is 0. The van der Waals surface area contributed by atoms with E-state index in [1.54, 1.807) is 4.90 Å². The zero-order chi connectivity index (χ0) is 14.1. The maximum atomic E-state index is 12.2. The van der Waals surface area contributed by atoms with Crippen LogP contribution in [0.25, 0.3) is 0 Å². The van der Waals surface area contributed by atoms with Crippen molar-refractivity contribution in [2.45, 2.75) is 38.8 Å². The Labute approximate surface area is 107 Å². The van der Waals surface area contributed by atoms with Gasteiger partial charge in [-0.05, 0) is 26.2 Å². The number of carbonyl (C=O) groups is 2. The van der Waals surface area contributed by atoms with Gasteiger partial charge in [-0.25, -0.2) is 9.59 Å². The van der Waals surface area contributed by atoms with Gasteiger partial charge in [0.05, 0.1) is 6.10 Å². The number of likely N-dealkylation sites (tertiary alicyclic amines) is 1. The van der Waals surface area contributed by atoms with Gasteiger partial charge in [0, 0.05) is 20.1 Å². The smallest absolute Gasteiger partial charge is 0.329 e. The molecule has 6 heteroatoms. The minimum Gasteiger partial charge on any atom is -0.480 e. The Morgan fingerprint density at radius 2 is 1.94 bits per heavy atom. The molecule has 0 saturated carbocycles. The van der Waals surface area contributed by atoms with Crippen LogP contribution in [0.3, 0.4) is 0 Å². The molecule has 1 saturated heterocycles. The highest BCUT2D eigenvalue weighted by Crippen LogP contribution is 2.20. The largest absolute Gasteiger partial charge is 0.480 e. The van der Waals surface area contributed by atoms with Gasteiger partial charge in [-0.1, -0.05) is 6.92 Å². The molecular formula is C12H22N2O4. The second-order valence-electron chi connectivity index (χ2n) is 5.49. The molecule has 0 aromatic rings. The first-order valence-corrected chi connectivity index (χ1v) is 6.12. The third-order valence-electron chi connectivity index (χ3n) is 3.78. The molecule has 1 aliphatic heterocycles. The number of aliphatic carboxylic acids is 1. The van der Waals surface area contributed by atoms with E-state index in [2.05, 4.69) is 0 Å². The van der Waals surface area contributed by atoms with Crippen molar-refractivity contribution in [1.82, 2.24) is 9.80 Å². The number of aliphatic hydroxyl groups excluding tert-OH is 1. The molecule has 0 bridgehead atoms. The minimum absolute atomic E-state index is 0.0176. The molecule has 0 radical (unpaired) electrons. The molecule has 0 aliphatic carbocycles. The van der Waals surface area contributed by atoms with Gasteiger partial charge in [0.1, 0.15) is 5.54 Å². The van der Waals surface area contributed by atoms with Crippen molar-refractivity contribution in [3.05, 3.63) is 0 Å². The summed E-state index contributed by atoms with van der Waals surface area (Å²) in [5.74, 6) is -1.02. The molecule has 104 valence electrons. The highest BCUT2D eigenvalue weighted by Gasteiger charge is 2.38. The van der Waals surface area contributed by atoms with Gasteiger partial charge < -0.3 is 20.0 Å². The summed E-state index contributed by atoms with van der Waals surface area (Å²) in [4.78, 5) is 26.2. The number of carboxylic acid groups (broad SMARTS) is 1. The third kappa shape index (κ3) is 2.75. The number of nitrogens with zero attached hydrogens (tertiary/aromatic N) is 2. The monoisotopic (exact) mass is 258 g/mol. The van der Waals surface area contributed by atoms with Gasteiger partial charge in [0.2, 0.25) is 0 Å². The van der Waals surface area contributed by atoms with Crippen molar-refractivity contribution < 1.29 is 19.8 Å². The van der Waals surface area contributed by atoms with Crippen molar-refractivity contribution in [1.29, 1.82) is 0 Å². The maximum absolute atomic E-state index is 12.2. The lowest BCUT2D eigenvalue weighted by atomic mass is 9.97. The topological polar surface area (TPSA) is 81.1 Å². The highest BCUT2D eigenvalue weighted by molar-refractivity contribution is 5.85. The van der Waals surface area contributed by atoms with Gasteiger partial charge >= 0.3 is 12.0 Å².